The molecule has 2 aliphatic carbocycles. The molecule has 736 valence electrons. The summed E-state index contributed by atoms with van der Waals surface area (Å²) in [6, 6.07) is 22.5. The molecule has 8 N–H and O–H groups in total. The number of anilines is 8. The molecule has 4 aromatic heterocycles. The maximum Gasteiger partial charge on any atom is 0.317 e. The van der Waals surface area contributed by atoms with Crippen molar-refractivity contribution in [3.8, 4) is 0 Å². The van der Waals surface area contributed by atoms with Gasteiger partial charge in [-0.2, -0.15) is 0 Å². The zero-order valence-electron chi connectivity index (χ0n) is 77.0. The summed E-state index contributed by atoms with van der Waals surface area (Å²) in [5.74, 6) is 1.78. The number of likely N-dealkylation sites (tertiary alicyclic amines) is 4. The Balaban J connectivity index is 0.000000141. The van der Waals surface area contributed by atoms with Crippen molar-refractivity contribution in [2.45, 2.75) is 87.6 Å². The summed E-state index contributed by atoms with van der Waals surface area (Å²) < 4.78 is 0. The number of rotatable bonds is 28. The van der Waals surface area contributed by atoms with E-state index in [2.05, 4.69) is 134 Å². The smallest absolute Gasteiger partial charge is 0.317 e. The first-order chi connectivity index (χ1) is 67.8. The van der Waals surface area contributed by atoms with Crippen molar-refractivity contribution >= 4 is 175 Å². The van der Waals surface area contributed by atoms with E-state index >= 15 is 0 Å². The minimum atomic E-state index is -0.350. The van der Waals surface area contributed by atoms with Crippen LogP contribution in [0.1, 0.15) is 70.9 Å². The van der Waals surface area contributed by atoms with Crippen LogP contribution in [0, 0.1) is 0 Å². The largest absolute Gasteiger partial charge is 0.410 e. The molecule has 0 spiro atoms. The van der Waals surface area contributed by atoms with Crippen molar-refractivity contribution in [1.82, 2.24) is 109 Å². The van der Waals surface area contributed by atoms with Gasteiger partial charge in [0.05, 0.1) is 20.1 Å². The fourth-order valence-electron chi connectivity index (χ4n) is 17.6. The van der Waals surface area contributed by atoms with E-state index in [1.165, 1.54) is 24.3 Å². The van der Waals surface area contributed by atoms with Gasteiger partial charge >= 0.3 is 12.1 Å². The molecule has 38 nitrogen and oxygen atoms in total. The van der Waals surface area contributed by atoms with Gasteiger partial charge < -0.3 is 81.5 Å². The van der Waals surface area contributed by atoms with Crippen LogP contribution >= 0.6 is 69.6 Å². The molecule has 8 saturated heterocycles. The van der Waals surface area contributed by atoms with E-state index in [4.69, 9.17) is 69.6 Å². The molecule has 4 aromatic carbocycles. The summed E-state index contributed by atoms with van der Waals surface area (Å²) in [6.45, 7) is 30.9. The van der Waals surface area contributed by atoms with Crippen molar-refractivity contribution in [3.05, 3.63) is 237 Å². The number of nitrogens with zero attached hydrogens (tertiary/aromatic N) is 22. The first kappa shape index (κ1) is 102. The van der Waals surface area contributed by atoms with E-state index < -0.39 is 0 Å². The maximum absolute atomic E-state index is 13.3. The van der Waals surface area contributed by atoms with Gasteiger partial charge in [0, 0.05) is 290 Å². The normalized spacial score (nSPS) is 17.9. The molecular formula is C96H110Cl6N28O10. The Labute approximate surface area is 840 Å². The molecule has 8 aromatic rings. The van der Waals surface area contributed by atoms with Crippen molar-refractivity contribution < 1.29 is 48.8 Å². The molecule has 44 heteroatoms. The predicted molar refractivity (Wildman–Crippen MR) is 536 cm³/mol. The van der Waals surface area contributed by atoms with Crippen LogP contribution in [-0.2, 0) is 54.7 Å². The minimum absolute atomic E-state index is 0.0136. The van der Waals surface area contributed by atoms with Gasteiger partial charge in [0.15, 0.2) is 0 Å². The summed E-state index contributed by atoms with van der Waals surface area (Å²) in [4.78, 5) is 156. The maximum atomic E-state index is 13.3. The third-order valence-corrected chi connectivity index (χ3v) is 28.3. The van der Waals surface area contributed by atoms with Crippen LogP contribution in [0.15, 0.2) is 183 Å². The zero-order valence-corrected chi connectivity index (χ0v) is 81.6. The highest BCUT2D eigenvalue weighted by molar-refractivity contribution is 6.43. The lowest BCUT2D eigenvalue weighted by Crippen LogP contribution is -2.64. The fourth-order valence-corrected chi connectivity index (χ4v) is 18.9. The standard InChI is InChI=1S/C26H30ClN7O3.C25H30ClN7O2.C23H25Cl2N7O3.C22H25Cl2N7O2/c1-2-24(35)34-15-19(16-34)32-8-10-33(11-9-32)25(36)23(31-37)13-18-12-20(17-4-5-17)21(27)14-22(18)30-26-28-6-3-7-29-26;1-2-23(34)33-15-19(16-33)31-8-10-32(11-9-31)25(35)29-14-18-12-20(17-4-5-17)21(26)13-22(18)30-24-27-6-3-7-28-24;1-2-21(33)32-13-16(14-32)30-6-8-31(9-7-30)22(34)20(29-35)11-15-10-17(24)18(25)12-19(15)28-23-26-4-3-5-27-23;1-2-20(32)31-13-16(14-31)29-6-8-30(9-7-29)22(33)27-12-15-10-17(23)18(24)11-19(15)28-21-25-4-3-5-26-21/h2-3,6-7,12,14,17,19,37H,1,4-5,8-11,13,15-16H2,(H,28,29,30);2-3,6-7,12-13,17,19H,1,4-5,8-11,14-16H2,(H,29,35)(H,27,28,30);2-5,10,12,16,35H,1,6-9,11,13-14H2,(H,26,27,28);2-5,10-11,16H,1,6-9,12-14H2,(H,27,33)(H,25,26,28)/b31-23-;;29-20-;. The number of hydrogen-bond acceptors (Lipinski definition) is 28. The zero-order chi connectivity index (χ0) is 98.6. The number of oxime groups is 2. The molecule has 18 rings (SSSR count). The molecular weight excluding hydrogens is 1920 g/mol. The lowest BCUT2D eigenvalue weighted by Gasteiger charge is -2.47. The molecule has 10 aliphatic rings. The Morgan fingerprint density at radius 1 is 0.321 bits per heavy atom. The van der Waals surface area contributed by atoms with Crippen LogP contribution < -0.4 is 31.9 Å². The Kier molecular flexibility index (Phi) is 34.8. The van der Waals surface area contributed by atoms with E-state index in [0.29, 0.717) is 213 Å². The van der Waals surface area contributed by atoms with E-state index in [9.17, 15) is 48.8 Å². The Morgan fingerprint density at radius 3 is 0.829 bits per heavy atom. The molecule has 12 heterocycles. The van der Waals surface area contributed by atoms with Gasteiger partial charge in [-0.05, 0) is 156 Å². The highest BCUT2D eigenvalue weighted by atomic mass is 35.5. The van der Waals surface area contributed by atoms with Crippen molar-refractivity contribution in [2.75, 3.05) is 178 Å². The van der Waals surface area contributed by atoms with Crippen LogP contribution in [0.4, 0.5) is 56.1 Å². The first-order valence-corrected chi connectivity index (χ1v) is 48.5. The first-order valence-electron chi connectivity index (χ1n) is 46.3. The predicted octanol–water partition coefficient (Wildman–Crippen LogP) is 10.8. The minimum Gasteiger partial charge on any atom is -0.410 e. The van der Waals surface area contributed by atoms with Crippen molar-refractivity contribution in [2.24, 2.45) is 10.3 Å². The van der Waals surface area contributed by atoms with E-state index in [1.54, 1.807) is 132 Å². The highest BCUT2D eigenvalue weighted by Gasteiger charge is 2.42. The Bertz CT molecular complexity index is 5870. The van der Waals surface area contributed by atoms with E-state index in [-0.39, 0.29) is 84.4 Å². The number of nitrogens with one attached hydrogen (secondary N) is 6. The number of amides is 10. The monoisotopic (exact) mass is 2020 g/mol. The Hall–Kier alpha value is -12.8. The molecule has 0 atom stereocenters. The summed E-state index contributed by atoms with van der Waals surface area (Å²) in [6.07, 6.45) is 23.1. The number of carbonyl (C=O) groups is 8. The number of aromatic nitrogens is 8. The topological polar surface area (TPSA) is 416 Å². The number of hydrogen-bond donors (Lipinski definition) is 8. The third-order valence-electron chi connectivity index (χ3n) is 26.2. The lowest BCUT2D eigenvalue weighted by atomic mass is 9.99. The molecule has 140 heavy (non-hydrogen) atoms. The fraction of sp³-hybridized carbons (Fsp3) is 0.396. The third kappa shape index (κ3) is 26.3. The highest BCUT2D eigenvalue weighted by Crippen LogP contribution is 2.47. The van der Waals surface area contributed by atoms with E-state index in [0.717, 1.165) is 117 Å². The molecule has 0 unspecified atom stereocenters. The molecule has 10 fully saturated rings. The van der Waals surface area contributed by atoms with Crippen molar-refractivity contribution in [3.63, 3.8) is 0 Å². The Morgan fingerprint density at radius 2 is 0.557 bits per heavy atom. The average Bonchev–Trinajstić information content (AvgIpc) is 1.62. The number of benzene rings is 4. The number of piperazine rings is 4. The van der Waals surface area contributed by atoms with Crippen molar-refractivity contribution in [1.29, 1.82) is 0 Å². The van der Waals surface area contributed by atoms with Gasteiger partial charge in [-0.15, -0.1) is 0 Å². The second-order valence-electron chi connectivity index (χ2n) is 35.1. The summed E-state index contributed by atoms with van der Waals surface area (Å²) in [7, 11) is 0. The molecule has 8 aliphatic heterocycles. The average molecular weight is 2030 g/mol. The SMILES string of the molecule is C=CC(=O)N1CC(N2CCN(C(=O)/C(Cc3cc(C4CC4)c(Cl)cc3Nc3ncccn3)=N\O)CC2)C1.C=CC(=O)N1CC(N2CCN(C(=O)/C(Cc3cc(Cl)c(Cl)cc3Nc3ncccn3)=N\O)CC2)C1.C=CC(=O)N1CC(N2CCN(C(=O)NCc3cc(C4CC4)c(Cl)cc3Nc3ncccn3)CC2)C1.C=CC(=O)N1CC(N2CCN(C(=O)NCc3cc(Cl)c(Cl)cc3Nc3ncccn3)CC2)C1. The van der Waals surface area contributed by atoms with Crippen LogP contribution in [0.5, 0.6) is 0 Å². The summed E-state index contributed by atoms with van der Waals surface area (Å²) in [5, 5.41) is 47.7. The van der Waals surface area contributed by atoms with Crippen LogP contribution in [-0.4, -0.2) is 349 Å². The van der Waals surface area contributed by atoms with Gasteiger partial charge in [-0.1, -0.05) is 118 Å². The van der Waals surface area contributed by atoms with Gasteiger partial charge in [0.25, 0.3) is 11.8 Å². The molecule has 0 radical (unpaired) electrons. The quantitative estimate of drug-likeness (QED) is 0.00977. The van der Waals surface area contributed by atoms with Gasteiger partial charge in [-0.25, -0.2) is 49.5 Å². The summed E-state index contributed by atoms with van der Waals surface area (Å²) >= 11 is 38.0. The lowest BCUT2D eigenvalue weighted by molar-refractivity contribution is -0.135. The number of carbonyl (C=O) groups excluding carboxylic acids is 8. The second kappa shape index (κ2) is 47.9. The van der Waals surface area contributed by atoms with Crippen LogP contribution in [0.2, 0.25) is 30.1 Å². The van der Waals surface area contributed by atoms with Crippen LogP contribution in [0.3, 0.4) is 0 Å². The number of halogens is 6. The second-order valence-corrected chi connectivity index (χ2v) is 37.6. The van der Waals surface area contributed by atoms with E-state index in [1.807, 2.05) is 23.1 Å². The molecule has 2 saturated carbocycles. The van der Waals surface area contributed by atoms with Gasteiger partial charge in [0.2, 0.25) is 47.4 Å². The summed E-state index contributed by atoms with van der Waals surface area (Å²) in [5.41, 5.74) is 8.03. The molecule has 0 bridgehead atoms. The van der Waals surface area contributed by atoms with Gasteiger partial charge in [-0.3, -0.25) is 48.4 Å². The van der Waals surface area contributed by atoms with Gasteiger partial charge in [0.1, 0.15) is 11.4 Å². The number of urea groups is 2. The molecule has 10 amide bonds. The van der Waals surface area contributed by atoms with Crippen LogP contribution in [0.25, 0.3) is 0 Å².